The van der Waals surface area contributed by atoms with Crippen molar-refractivity contribution in [3.8, 4) is 0 Å². The summed E-state index contributed by atoms with van der Waals surface area (Å²) >= 11 is 8.64. The first kappa shape index (κ1) is 13.9. The Labute approximate surface area is 128 Å². The molecule has 1 N–H and O–H groups in total. The number of hydrogen-bond acceptors (Lipinski definition) is 3. The van der Waals surface area contributed by atoms with Crippen molar-refractivity contribution in [1.29, 1.82) is 0 Å². The maximum Gasteiger partial charge on any atom is 0.0737 e. The minimum absolute atomic E-state index is 0.701. The van der Waals surface area contributed by atoms with Crippen LogP contribution in [0.2, 0.25) is 0 Å². The lowest BCUT2D eigenvalue weighted by molar-refractivity contribution is 1.03. The van der Waals surface area contributed by atoms with E-state index in [9.17, 15) is 0 Å². The van der Waals surface area contributed by atoms with E-state index in [4.69, 9.17) is 0 Å². The van der Waals surface area contributed by atoms with E-state index in [-0.39, 0.29) is 0 Å². The molecule has 0 unspecified atom stereocenters. The Morgan fingerprint density at radius 2 is 1.94 bits per heavy atom. The lowest BCUT2D eigenvalue weighted by Crippen LogP contribution is -2.02. The first-order chi connectivity index (χ1) is 8.69. The lowest BCUT2D eigenvalue weighted by atomic mass is 10.3. The fraction of sp³-hybridized carbons (Fsp3) is 0.154. The van der Waals surface area contributed by atoms with Gasteiger partial charge in [0, 0.05) is 25.7 Å². The highest BCUT2D eigenvalue weighted by molar-refractivity contribution is 9.11. The van der Waals surface area contributed by atoms with Crippen molar-refractivity contribution in [3.05, 3.63) is 51.2 Å². The van der Waals surface area contributed by atoms with E-state index in [1.165, 1.54) is 4.90 Å². The first-order valence-electron chi connectivity index (χ1n) is 5.37. The molecule has 18 heavy (non-hydrogen) atoms. The van der Waals surface area contributed by atoms with Gasteiger partial charge in [-0.3, -0.25) is 4.98 Å². The monoisotopic (exact) mass is 386 g/mol. The number of thioether (sulfide) groups is 1. The van der Waals surface area contributed by atoms with E-state index >= 15 is 0 Å². The molecule has 0 aliphatic carbocycles. The van der Waals surface area contributed by atoms with Gasteiger partial charge in [-0.1, -0.05) is 0 Å². The van der Waals surface area contributed by atoms with E-state index < -0.39 is 0 Å². The number of rotatable bonds is 4. The van der Waals surface area contributed by atoms with Gasteiger partial charge in [0.1, 0.15) is 0 Å². The van der Waals surface area contributed by atoms with E-state index in [0.29, 0.717) is 6.54 Å². The van der Waals surface area contributed by atoms with E-state index in [0.717, 1.165) is 20.3 Å². The third kappa shape index (κ3) is 3.73. The zero-order valence-electron chi connectivity index (χ0n) is 9.78. The highest BCUT2D eigenvalue weighted by Crippen LogP contribution is 2.21. The second-order valence-corrected chi connectivity index (χ2v) is 6.31. The number of pyridine rings is 1. The molecule has 0 atom stereocenters. The van der Waals surface area contributed by atoms with Crippen LogP contribution >= 0.6 is 43.6 Å². The SMILES string of the molecule is CSc1ccc(NCc2ncc(Br)cc2Br)cc1. The summed E-state index contributed by atoms with van der Waals surface area (Å²) < 4.78 is 1.98. The molecule has 0 bridgehead atoms. The summed E-state index contributed by atoms with van der Waals surface area (Å²) in [6.45, 7) is 0.701. The molecule has 1 heterocycles. The van der Waals surface area contributed by atoms with Crippen molar-refractivity contribution in [2.75, 3.05) is 11.6 Å². The summed E-state index contributed by atoms with van der Waals surface area (Å²) in [6, 6.07) is 10.4. The second kappa shape index (κ2) is 6.59. The van der Waals surface area contributed by atoms with Crippen LogP contribution in [0.4, 0.5) is 5.69 Å². The predicted molar refractivity (Wildman–Crippen MR) is 85.2 cm³/mol. The van der Waals surface area contributed by atoms with Gasteiger partial charge in [0.2, 0.25) is 0 Å². The molecule has 0 aliphatic heterocycles. The van der Waals surface area contributed by atoms with Crippen LogP contribution in [0.5, 0.6) is 0 Å². The predicted octanol–water partition coefficient (Wildman–Crippen LogP) is 4.94. The van der Waals surface area contributed by atoms with Crippen LogP contribution in [-0.2, 0) is 6.54 Å². The van der Waals surface area contributed by atoms with E-state index in [1.54, 1.807) is 18.0 Å². The Balaban J connectivity index is 2.02. The Bertz CT molecular complexity index is 529. The topological polar surface area (TPSA) is 24.9 Å². The van der Waals surface area contributed by atoms with Gasteiger partial charge in [0.05, 0.1) is 12.2 Å². The molecule has 0 spiro atoms. The van der Waals surface area contributed by atoms with Gasteiger partial charge in [0.15, 0.2) is 0 Å². The van der Waals surface area contributed by atoms with Crippen molar-refractivity contribution in [3.63, 3.8) is 0 Å². The number of aromatic nitrogens is 1. The minimum Gasteiger partial charge on any atom is -0.379 e. The first-order valence-corrected chi connectivity index (χ1v) is 8.18. The van der Waals surface area contributed by atoms with Gasteiger partial charge >= 0.3 is 0 Å². The van der Waals surface area contributed by atoms with Crippen LogP contribution < -0.4 is 5.32 Å². The standard InChI is InChI=1S/C13H12Br2N2S/c1-18-11-4-2-10(3-5-11)16-8-13-12(15)6-9(14)7-17-13/h2-7,16H,8H2,1H3. The van der Waals surface area contributed by atoms with Gasteiger partial charge in [-0.25, -0.2) is 0 Å². The lowest BCUT2D eigenvalue weighted by Gasteiger charge is -2.08. The maximum atomic E-state index is 4.37. The Kier molecular flexibility index (Phi) is 5.09. The highest BCUT2D eigenvalue weighted by atomic mass is 79.9. The normalized spacial score (nSPS) is 10.4. The van der Waals surface area contributed by atoms with Crippen molar-refractivity contribution in [1.82, 2.24) is 4.98 Å². The van der Waals surface area contributed by atoms with Gasteiger partial charge in [0.25, 0.3) is 0 Å². The van der Waals surface area contributed by atoms with Crippen LogP contribution in [0, 0.1) is 0 Å². The fourth-order valence-corrected chi connectivity index (χ4v) is 3.00. The molecular weight excluding hydrogens is 376 g/mol. The number of hydrogen-bond donors (Lipinski definition) is 1. The molecule has 1 aromatic heterocycles. The minimum atomic E-state index is 0.701. The van der Waals surface area contributed by atoms with Crippen LogP contribution in [0.3, 0.4) is 0 Å². The maximum absolute atomic E-state index is 4.37. The molecular formula is C13H12Br2N2S. The van der Waals surface area contributed by atoms with Crippen LogP contribution in [0.1, 0.15) is 5.69 Å². The van der Waals surface area contributed by atoms with Crippen LogP contribution in [0.15, 0.2) is 50.4 Å². The smallest absolute Gasteiger partial charge is 0.0737 e. The molecule has 0 radical (unpaired) electrons. The summed E-state index contributed by atoms with van der Waals surface area (Å²) in [5.74, 6) is 0. The van der Waals surface area contributed by atoms with Gasteiger partial charge in [-0.15, -0.1) is 11.8 Å². The molecule has 0 fully saturated rings. The largest absolute Gasteiger partial charge is 0.379 e. The molecule has 0 saturated carbocycles. The van der Waals surface area contributed by atoms with Crippen molar-refractivity contribution in [2.45, 2.75) is 11.4 Å². The molecule has 1 aromatic carbocycles. The third-order valence-electron chi connectivity index (χ3n) is 2.43. The molecule has 0 saturated heterocycles. The zero-order valence-corrected chi connectivity index (χ0v) is 13.8. The number of nitrogens with zero attached hydrogens (tertiary/aromatic N) is 1. The summed E-state index contributed by atoms with van der Waals surface area (Å²) in [5.41, 5.74) is 2.09. The van der Waals surface area contributed by atoms with Crippen molar-refractivity contribution in [2.24, 2.45) is 0 Å². The third-order valence-corrected chi connectivity index (χ3v) is 4.30. The second-order valence-electron chi connectivity index (χ2n) is 3.66. The Morgan fingerprint density at radius 1 is 1.22 bits per heavy atom. The summed E-state index contributed by atoms with van der Waals surface area (Å²) in [7, 11) is 0. The Morgan fingerprint density at radius 3 is 2.56 bits per heavy atom. The van der Waals surface area contributed by atoms with E-state index in [2.05, 4.69) is 72.7 Å². The van der Waals surface area contributed by atoms with Gasteiger partial charge in [-0.2, -0.15) is 0 Å². The summed E-state index contributed by atoms with van der Waals surface area (Å²) in [5, 5.41) is 3.36. The number of halogens is 2. The number of anilines is 1. The van der Waals surface area contributed by atoms with Crippen LogP contribution in [0.25, 0.3) is 0 Å². The van der Waals surface area contributed by atoms with Gasteiger partial charge in [-0.05, 0) is 68.4 Å². The Hall–Kier alpha value is -0.520. The molecule has 0 aliphatic rings. The number of nitrogens with one attached hydrogen (secondary N) is 1. The van der Waals surface area contributed by atoms with Gasteiger partial charge < -0.3 is 5.32 Å². The van der Waals surface area contributed by atoms with E-state index in [1.807, 2.05) is 6.07 Å². The summed E-state index contributed by atoms with van der Waals surface area (Å²) in [4.78, 5) is 5.63. The zero-order chi connectivity index (χ0) is 13.0. The molecule has 2 aromatic rings. The molecule has 0 amide bonds. The van der Waals surface area contributed by atoms with Crippen LogP contribution in [-0.4, -0.2) is 11.2 Å². The quantitative estimate of drug-likeness (QED) is 0.752. The molecule has 5 heteroatoms. The average Bonchev–Trinajstić information content (AvgIpc) is 2.38. The van der Waals surface area contributed by atoms with Crippen molar-refractivity contribution >= 4 is 49.3 Å². The molecule has 2 rings (SSSR count). The summed E-state index contributed by atoms with van der Waals surface area (Å²) in [6.07, 6.45) is 3.88. The highest BCUT2D eigenvalue weighted by Gasteiger charge is 2.02. The fourth-order valence-electron chi connectivity index (χ4n) is 1.47. The molecule has 2 nitrogen and oxygen atoms in total. The van der Waals surface area contributed by atoms with Crippen molar-refractivity contribution < 1.29 is 0 Å². The average molecular weight is 388 g/mol. The molecule has 94 valence electrons. The number of benzene rings is 1.